The number of aromatic nitrogens is 2. The standard InChI is InChI=1S/C34H49N7O8/c1-20(2)27(41-33(47)49-34(5,6)7)31(45)39-24(15-22-11-9-13-35-17-22)29(43)37-19-26(42)38-25(16-23-12-10-14-36-18-23)30(44)40-28(21(3)4)32(46)48-8/h9-14,17-18,20-21,24-25,27-28H,15-16,19H2,1-8H3,(H,37,43)(H,38,42)(H,39,45)(H,40,44)(H,41,47)/t24-,25-,27-,28-/m0/s1. The van der Waals surface area contributed by atoms with Crippen LogP contribution in [-0.4, -0.2) is 89.1 Å². The quantitative estimate of drug-likeness (QED) is 0.160. The van der Waals surface area contributed by atoms with Crippen LogP contribution in [0.25, 0.3) is 0 Å². The van der Waals surface area contributed by atoms with E-state index < -0.39 is 72.0 Å². The largest absolute Gasteiger partial charge is 0.467 e. The van der Waals surface area contributed by atoms with Gasteiger partial charge in [0.1, 0.15) is 29.8 Å². The number of nitrogens with zero attached hydrogens (tertiary/aromatic N) is 2. The van der Waals surface area contributed by atoms with E-state index >= 15 is 0 Å². The van der Waals surface area contributed by atoms with Crippen LogP contribution < -0.4 is 26.6 Å². The van der Waals surface area contributed by atoms with Gasteiger partial charge in [0, 0.05) is 37.6 Å². The molecule has 0 aliphatic carbocycles. The molecule has 15 nitrogen and oxygen atoms in total. The third kappa shape index (κ3) is 14.3. The van der Waals surface area contributed by atoms with Crippen molar-refractivity contribution >= 4 is 35.7 Å². The fourth-order valence-corrected chi connectivity index (χ4v) is 4.57. The normalized spacial score (nSPS) is 13.7. The number of hydrogen-bond donors (Lipinski definition) is 5. The highest BCUT2D eigenvalue weighted by atomic mass is 16.6. The Bertz CT molecular complexity index is 1410. The Morgan fingerprint density at radius 1 is 0.714 bits per heavy atom. The maximum Gasteiger partial charge on any atom is 0.408 e. The summed E-state index contributed by atoms with van der Waals surface area (Å²) in [6.45, 7) is 11.5. The summed E-state index contributed by atoms with van der Waals surface area (Å²) in [5, 5.41) is 13.0. The Morgan fingerprint density at radius 3 is 1.69 bits per heavy atom. The van der Waals surface area contributed by atoms with Gasteiger partial charge in [0.2, 0.25) is 23.6 Å². The number of amides is 5. The molecular weight excluding hydrogens is 634 g/mol. The van der Waals surface area contributed by atoms with E-state index in [0.29, 0.717) is 11.1 Å². The Morgan fingerprint density at radius 2 is 1.24 bits per heavy atom. The number of alkyl carbamates (subject to hydrolysis) is 1. The van der Waals surface area contributed by atoms with E-state index in [9.17, 15) is 28.8 Å². The average molecular weight is 684 g/mol. The number of hydrogen-bond acceptors (Lipinski definition) is 10. The minimum Gasteiger partial charge on any atom is -0.467 e. The van der Waals surface area contributed by atoms with Crippen LogP contribution >= 0.6 is 0 Å². The third-order valence-corrected chi connectivity index (χ3v) is 7.07. The lowest BCUT2D eigenvalue weighted by molar-refractivity contribution is -0.146. The molecule has 5 N–H and O–H groups in total. The number of methoxy groups -OCH3 is 1. The van der Waals surface area contributed by atoms with Crippen LogP contribution in [0, 0.1) is 11.8 Å². The predicted octanol–water partition coefficient (Wildman–Crippen LogP) is 1.21. The highest BCUT2D eigenvalue weighted by Gasteiger charge is 2.32. The van der Waals surface area contributed by atoms with Crippen LogP contribution in [0.1, 0.15) is 59.6 Å². The number of ether oxygens (including phenoxy) is 2. The molecule has 0 fully saturated rings. The predicted molar refractivity (Wildman–Crippen MR) is 180 cm³/mol. The number of carbonyl (C=O) groups excluding carboxylic acids is 6. The molecule has 49 heavy (non-hydrogen) atoms. The van der Waals surface area contributed by atoms with E-state index in [1.54, 1.807) is 97.5 Å². The molecule has 0 aromatic carbocycles. The zero-order chi connectivity index (χ0) is 36.7. The Hall–Kier alpha value is -5.08. The van der Waals surface area contributed by atoms with Gasteiger partial charge in [0.05, 0.1) is 13.7 Å². The lowest BCUT2D eigenvalue weighted by Gasteiger charge is -2.27. The monoisotopic (exact) mass is 683 g/mol. The molecule has 0 aliphatic rings. The van der Waals surface area contributed by atoms with Crippen molar-refractivity contribution in [1.82, 2.24) is 36.6 Å². The van der Waals surface area contributed by atoms with Gasteiger partial charge >= 0.3 is 12.1 Å². The molecule has 2 aromatic rings. The molecule has 5 amide bonds. The summed E-state index contributed by atoms with van der Waals surface area (Å²) >= 11 is 0. The smallest absolute Gasteiger partial charge is 0.408 e. The van der Waals surface area contributed by atoms with Crippen molar-refractivity contribution in [2.45, 2.75) is 91.1 Å². The van der Waals surface area contributed by atoms with E-state index in [-0.39, 0.29) is 24.7 Å². The molecule has 15 heteroatoms. The number of nitrogens with one attached hydrogen (secondary N) is 5. The molecule has 268 valence electrons. The van der Waals surface area contributed by atoms with Gasteiger partial charge in [-0.1, -0.05) is 39.8 Å². The van der Waals surface area contributed by atoms with Gasteiger partial charge in [-0.3, -0.25) is 29.1 Å². The summed E-state index contributed by atoms with van der Waals surface area (Å²) in [7, 11) is 1.21. The van der Waals surface area contributed by atoms with Crippen molar-refractivity contribution in [3.8, 4) is 0 Å². The maximum absolute atomic E-state index is 13.5. The number of carbonyl (C=O) groups is 6. The molecule has 4 atom stereocenters. The highest BCUT2D eigenvalue weighted by molar-refractivity contribution is 5.95. The van der Waals surface area contributed by atoms with Crippen molar-refractivity contribution in [2.75, 3.05) is 13.7 Å². The van der Waals surface area contributed by atoms with E-state index in [4.69, 9.17) is 9.47 Å². The van der Waals surface area contributed by atoms with Crippen LogP contribution in [0.15, 0.2) is 49.1 Å². The second-order valence-corrected chi connectivity index (χ2v) is 13.2. The summed E-state index contributed by atoms with van der Waals surface area (Å²) in [6, 6.07) is 2.54. The number of pyridine rings is 2. The van der Waals surface area contributed by atoms with Crippen molar-refractivity contribution in [2.24, 2.45) is 11.8 Å². The van der Waals surface area contributed by atoms with Crippen LogP contribution in [0.4, 0.5) is 4.79 Å². The molecule has 0 radical (unpaired) electrons. The summed E-state index contributed by atoms with van der Waals surface area (Å²) in [5.41, 5.74) is 0.484. The van der Waals surface area contributed by atoms with Gasteiger partial charge in [0.25, 0.3) is 0 Å². The van der Waals surface area contributed by atoms with Crippen molar-refractivity contribution in [1.29, 1.82) is 0 Å². The van der Waals surface area contributed by atoms with Crippen LogP contribution in [0.5, 0.6) is 0 Å². The van der Waals surface area contributed by atoms with E-state index in [1.807, 2.05) is 0 Å². The van der Waals surface area contributed by atoms with Gasteiger partial charge < -0.3 is 36.1 Å². The van der Waals surface area contributed by atoms with Crippen LogP contribution in [0.2, 0.25) is 0 Å². The topological polar surface area (TPSA) is 207 Å². The summed E-state index contributed by atoms with van der Waals surface area (Å²) in [5.74, 6) is -3.95. The fourth-order valence-electron chi connectivity index (χ4n) is 4.57. The molecule has 2 heterocycles. The van der Waals surface area contributed by atoms with Gasteiger partial charge in [-0.05, 0) is 55.9 Å². The zero-order valence-electron chi connectivity index (χ0n) is 29.4. The molecule has 0 unspecified atom stereocenters. The molecule has 2 rings (SSSR count). The molecular formula is C34H49N7O8. The Balaban J connectivity index is 2.20. The first-order valence-corrected chi connectivity index (χ1v) is 16.0. The van der Waals surface area contributed by atoms with Gasteiger partial charge in [-0.2, -0.15) is 0 Å². The minimum absolute atomic E-state index is 0.0282. The van der Waals surface area contributed by atoms with Crippen molar-refractivity contribution in [3.05, 3.63) is 60.2 Å². The lowest BCUT2D eigenvalue weighted by Crippen LogP contribution is -2.58. The van der Waals surface area contributed by atoms with Crippen molar-refractivity contribution in [3.63, 3.8) is 0 Å². The number of rotatable bonds is 16. The first-order chi connectivity index (χ1) is 23.0. The molecule has 0 spiro atoms. The highest BCUT2D eigenvalue weighted by Crippen LogP contribution is 2.11. The third-order valence-electron chi connectivity index (χ3n) is 7.07. The molecule has 0 aliphatic heterocycles. The molecule has 0 saturated carbocycles. The lowest BCUT2D eigenvalue weighted by atomic mass is 10.0. The fraction of sp³-hybridized carbons (Fsp3) is 0.529. The molecule has 0 saturated heterocycles. The van der Waals surface area contributed by atoms with Gasteiger partial charge in [-0.15, -0.1) is 0 Å². The number of esters is 1. The maximum atomic E-state index is 13.5. The first kappa shape index (κ1) is 40.1. The SMILES string of the molecule is COC(=O)[C@@H](NC(=O)[C@H](Cc1cccnc1)NC(=O)CNC(=O)[C@H](Cc1cccnc1)NC(=O)[C@@H](NC(=O)OC(C)(C)C)C(C)C)C(C)C. The van der Waals surface area contributed by atoms with Crippen LogP contribution in [0.3, 0.4) is 0 Å². The summed E-state index contributed by atoms with van der Waals surface area (Å²) in [4.78, 5) is 86.2. The summed E-state index contributed by atoms with van der Waals surface area (Å²) < 4.78 is 10.1. The second-order valence-electron chi connectivity index (χ2n) is 13.2. The molecule has 2 aromatic heterocycles. The zero-order valence-corrected chi connectivity index (χ0v) is 29.4. The van der Waals surface area contributed by atoms with E-state index in [0.717, 1.165) is 0 Å². The van der Waals surface area contributed by atoms with Crippen LogP contribution in [-0.2, 0) is 46.3 Å². The van der Waals surface area contributed by atoms with Gasteiger partial charge in [0.15, 0.2) is 0 Å². The van der Waals surface area contributed by atoms with Gasteiger partial charge in [-0.25, -0.2) is 9.59 Å². The minimum atomic E-state index is -1.16. The Kier molecular flexibility index (Phi) is 15.6. The van der Waals surface area contributed by atoms with E-state index in [2.05, 4.69) is 36.6 Å². The average Bonchev–Trinajstić information content (AvgIpc) is 3.03. The van der Waals surface area contributed by atoms with E-state index in [1.165, 1.54) is 7.11 Å². The first-order valence-electron chi connectivity index (χ1n) is 16.0. The second kappa shape index (κ2) is 19.1. The molecule has 0 bridgehead atoms. The van der Waals surface area contributed by atoms with Crippen molar-refractivity contribution < 1.29 is 38.2 Å². The summed E-state index contributed by atoms with van der Waals surface area (Å²) in [6.07, 6.45) is 5.50. The Labute approximate surface area is 287 Å².